The smallest absolute Gasteiger partial charge is 0.00208 e. The molecule has 0 aromatic heterocycles. The molecule has 4 aromatic rings. The molecular formula is C40H48. The number of benzene rings is 4. The summed E-state index contributed by atoms with van der Waals surface area (Å²) in [6.07, 6.45) is 29.7. The van der Waals surface area contributed by atoms with Gasteiger partial charge in [-0.25, -0.2) is 0 Å². The van der Waals surface area contributed by atoms with Crippen LogP contribution in [0, 0.1) is 0 Å². The fourth-order valence-corrected chi connectivity index (χ4v) is 9.77. The summed E-state index contributed by atoms with van der Waals surface area (Å²) < 4.78 is 0. The molecule has 8 rings (SSSR count). The van der Waals surface area contributed by atoms with E-state index in [-0.39, 0.29) is 0 Å². The molecule has 40 heavy (non-hydrogen) atoms. The van der Waals surface area contributed by atoms with Crippen LogP contribution >= 0.6 is 0 Å². The van der Waals surface area contributed by atoms with Gasteiger partial charge in [0.25, 0.3) is 0 Å². The molecule has 0 N–H and O–H groups in total. The SMILES string of the molecule is C1=CCC(c2cc(C3CCCCC3)c3ccc4c(C5CCCCC5)cc(C5CCCCC5)c5ccc2c3c54)CC1. The predicted molar refractivity (Wildman–Crippen MR) is 173 cm³/mol. The van der Waals surface area contributed by atoms with Gasteiger partial charge in [0.05, 0.1) is 0 Å². The van der Waals surface area contributed by atoms with E-state index < -0.39 is 0 Å². The van der Waals surface area contributed by atoms with E-state index in [9.17, 15) is 0 Å². The largest absolute Gasteiger partial charge is 0.0885 e. The minimum atomic E-state index is 0.674. The second-order valence-corrected chi connectivity index (χ2v) is 14.2. The van der Waals surface area contributed by atoms with Crippen LogP contribution < -0.4 is 0 Å². The van der Waals surface area contributed by atoms with Gasteiger partial charge in [0.15, 0.2) is 0 Å². The second kappa shape index (κ2) is 10.8. The van der Waals surface area contributed by atoms with Crippen LogP contribution in [-0.4, -0.2) is 0 Å². The van der Waals surface area contributed by atoms with E-state index in [0.29, 0.717) is 5.92 Å². The third-order valence-corrected chi connectivity index (χ3v) is 11.9. The highest BCUT2D eigenvalue weighted by molar-refractivity contribution is 6.25. The van der Waals surface area contributed by atoms with Crippen LogP contribution in [-0.2, 0) is 0 Å². The monoisotopic (exact) mass is 528 g/mol. The topological polar surface area (TPSA) is 0 Å². The fourth-order valence-electron chi connectivity index (χ4n) is 9.77. The fraction of sp³-hybridized carbons (Fsp3) is 0.550. The van der Waals surface area contributed by atoms with Gasteiger partial charge >= 0.3 is 0 Å². The molecule has 0 nitrogen and oxygen atoms in total. The quantitative estimate of drug-likeness (QED) is 0.182. The van der Waals surface area contributed by atoms with Crippen LogP contribution in [0.25, 0.3) is 32.3 Å². The Hall–Kier alpha value is -2.34. The lowest BCUT2D eigenvalue weighted by Crippen LogP contribution is -2.11. The average molecular weight is 529 g/mol. The van der Waals surface area contributed by atoms with Gasteiger partial charge in [0.1, 0.15) is 0 Å². The molecule has 0 radical (unpaired) electrons. The normalized spacial score (nSPS) is 24.1. The van der Waals surface area contributed by atoms with Crippen molar-refractivity contribution in [3.05, 3.63) is 70.8 Å². The van der Waals surface area contributed by atoms with Crippen molar-refractivity contribution in [3.63, 3.8) is 0 Å². The van der Waals surface area contributed by atoms with E-state index in [0.717, 1.165) is 17.8 Å². The van der Waals surface area contributed by atoms with Gasteiger partial charge in [-0.05, 0) is 136 Å². The molecule has 0 heterocycles. The van der Waals surface area contributed by atoms with Crippen molar-refractivity contribution in [2.45, 2.75) is 139 Å². The van der Waals surface area contributed by atoms with Crippen LogP contribution in [0.1, 0.15) is 162 Å². The maximum absolute atomic E-state index is 2.75. The Bertz CT molecular complexity index is 1480. The minimum Gasteiger partial charge on any atom is -0.0885 e. The molecule has 1 atom stereocenters. The van der Waals surface area contributed by atoms with Crippen molar-refractivity contribution >= 4 is 32.3 Å². The molecule has 3 fully saturated rings. The molecule has 0 bridgehead atoms. The number of hydrogen-bond donors (Lipinski definition) is 0. The molecule has 0 heteroatoms. The first-order valence-corrected chi connectivity index (χ1v) is 17.3. The third kappa shape index (κ3) is 4.31. The summed E-state index contributed by atoms with van der Waals surface area (Å²) in [5.74, 6) is 2.92. The maximum atomic E-state index is 2.75. The molecule has 0 amide bonds. The van der Waals surface area contributed by atoms with Crippen LogP contribution in [0.3, 0.4) is 0 Å². The highest BCUT2D eigenvalue weighted by atomic mass is 14.3. The van der Waals surface area contributed by atoms with Crippen LogP contribution in [0.2, 0.25) is 0 Å². The van der Waals surface area contributed by atoms with Crippen LogP contribution in [0.4, 0.5) is 0 Å². The Kier molecular flexibility index (Phi) is 6.86. The molecule has 0 saturated heterocycles. The average Bonchev–Trinajstić information content (AvgIpc) is 3.04. The van der Waals surface area contributed by atoms with Gasteiger partial charge in [0, 0.05) is 0 Å². The summed E-state index contributed by atoms with van der Waals surface area (Å²) in [6, 6.07) is 15.8. The summed E-state index contributed by atoms with van der Waals surface area (Å²) in [6.45, 7) is 0. The molecule has 1 unspecified atom stereocenters. The first kappa shape index (κ1) is 25.4. The highest BCUT2D eigenvalue weighted by Gasteiger charge is 2.28. The summed E-state index contributed by atoms with van der Waals surface area (Å²) in [5, 5.41) is 9.71. The van der Waals surface area contributed by atoms with E-state index in [2.05, 4.69) is 48.6 Å². The van der Waals surface area contributed by atoms with Crippen molar-refractivity contribution in [3.8, 4) is 0 Å². The molecule has 4 aliphatic carbocycles. The van der Waals surface area contributed by atoms with Crippen molar-refractivity contribution in [2.24, 2.45) is 0 Å². The first-order valence-electron chi connectivity index (χ1n) is 17.3. The van der Waals surface area contributed by atoms with E-state index in [4.69, 9.17) is 0 Å². The molecule has 3 saturated carbocycles. The molecule has 4 aromatic carbocycles. The van der Waals surface area contributed by atoms with Gasteiger partial charge in [-0.2, -0.15) is 0 Å². The Morgan fingerprint density at radius 1 is 0.375 bits per heavy atom. The Balaban J connectivity index is 1.44. The highest BCUT2D eigenvalue weighted by Crippen LogP contribution is 2.50. The van der Waals surface area contributed by atoms with E-state index >= 15 is 0 Å². The summed E-state index contributed by atoms with van der Waals surface area (Å²) in [4.78, 5) is 0. The van der Waals surface area contributed by atoms with E-state index in [1.165, 1.54) is 116 Å². The van der Waals surface area contributed by atoms with Crippen molar-refractivity contribution in [2.75, 3.05) is 0 Å². The Labute approximate surface area is 242 Å². The standard InChI is InChI=1S/C40H48/c1-5-13-27(14-6-1)35-25-36(28-15-7-2-8-16-28)32-23-24-34-38(30-19-11-4-12-20-30)26-37(29-17-9-3-10-18-29)33-22-21-31(35)39(32)40(33)34/h1,5,21-30H,2-4,6-20H2. The number of allylic oxidation sites excluding steroid dienone is 2. The van der Waals surface area contributed by atoms with Crippen LogP contribution in [0.5, 0.6) is 0 Å². The minimum absolute atomic E-state index is 0.674. The zero-order valence-corrected chi connectivity index (χ0v) is 24.7. The summed E-state index contributed by atoms with van der Waals surface area (Å²) in [7, 11) is 0. The molecule has 0 spiro atoms. The van der Waals surface area contributed by atoms with Crippen LogP contribution in [0.15, 0.2) is 48.6 Å². The van der Waals surface area contributed by atoms with Crippen molar-refractivity contribution in [1.29, 1.82) is 0 Å². The third-order valence-electron chi connectivity index (χ3n) is 11.9. The number of hydrogen-bond acceptors (Lipinski definition) is 0. The van der Waals surface area contributed by atoms with Gasteiger partial charge in [-0.15, -0.1) is 0 Å². The lowest BCUT2D eigenvalue weighted by molar-refractivity contribution is 0.438. The second-order valence-electron chi connectivity index (χ2n) is 14.2. The van der Waals surface area contributed by atoms with Crippen molar-refractivity contribution < 1.29 is 0 Å². The van der Waals surface area contributed by atoms with Gasteiger partial charge in [-0.1, -0.05) is 106 Å². The predicted octanol–water partition coefficient (Wildman–Crippen LogP) is 12.6. The zero-order valence-electron chi connectivity index (χ0n) is 24.7. The van der Waals surface area contributed by atoms with E-state index in [1.54, 1.807) is 54.6 Å². The molecule has 0 aliphatic heterocycles. The van der Waals surface area contributed by atoms with Gasteiger partial charge < -0.3 is 0 Å². The lowest BCUT2D eigenvalue weighted by atomic mass is 9.73. The van der Waals surface area contributed by atoms with Crippen molar-refractivity contribution in [1.82, 2.24) is 0 Å². The Morgan fingerprint density at radius 2 is 0.750 bits per heavy atom. The number of rotatable bonds is 4. The molecule has 4 aliphatic rings. The zero-order chi connectivity index (χ0) is 26.5. The maximum Gasteiger partial charge on any atom is -0.00208 e. The molecule has 208 valence electrons. The van der Waals surface area contributed by atoms with E-state index in [1.807, 2.05) is 0 Å². The Morgan fingerprint density at radius 3 is 1.10 bits per heavy atom. The molecular weight excluding hydrogens is 480 g/mol. The summed E-state index contributed by atoms with van der Waals surface area (Å²) in [5.41, 5.74) is 6.81. The first-order chi connectivity index (χ1) is 19.9. The van der Waals surface area contributed by atoms with Gasteiger partial charge in [-0.3, -0.25) is 0 Å². The lowest BCUT2D eigenvalue weighted by Gasteiger charge is -2.31. The van der Waals surface area contributed by atoms with Gasteiger partial charge in [0.2, 0.25) is 0 Å². The summed E-state index contributed by atoms with van der Waals surface area (Å²) >= 11 is 0.